The number of likely N-dealkylation sites (N-methyl/N-ethyl adjacent to an activating group) is 1. The molecule has 0 saturated carbocycles. The highest BCUT2D eigenvalue weighted by Gasteiger charge is 2.14. The van der Waals surface area contributed by atoms with E-state index in [4.69, 9.17) is 0 Å². The number of thioether (sulfide) groups is 1. The minimum atomic E-state index is -0.352. The maximum absolute atomic E-state index is 12.8. The third-order valence-electron chi connectivity index (χ3n) is 2.81. The predicted molar refractivity (Wildman–Crippen MR) is 88.5 cm³/mol. The van der Waals surface area contributed by atoms with Gasteiger partial charge in [-0.3, -0.25) is 9.59 Å². The van der Waals surface area contributed by atoms with E-state index in [0.29, 0.717) is 12.2 Å². The number of rotatable bonds is 9. The van der Waals surface area contributed by atoms with Crippen LogP contribution in [-0.4, -0.2) is 42.5 Å². The maximum atomic E-state index is 12.8. The van der Waals surface area contributed by atoms with Gasteiger partial charge in [0.25, 0.3) is 0 Å². The number of nitrogens with one attached hydrogen (secondary N) is 3. The van der Waals surface area contributed by atoms with Crippen molar-refractivity contribution in [2.45, 2.75) is 19.1 Å². The average Bonchev–Trinajstić information content (AvgIpc) is 2.51. The fourth-order valence-corrected chi connectivity index (χ4v) is 2.31. The van der Waals surface area contributed by atoms with Gasteiger partial charge in [0.05, 0.1) is 11.0 Å². The van der Waals surface area contributed by atoms with Crippen molar-refractivity contribution in [1.82, 2.24) is 10.6 Å². The van der Waals surface area contributed by atoms with E-state index in [2.05, 4.69) is 16.0 Å². The summed E-state index contributed by atoms with van der Waals surface area (Å²) in [6.45, 7) is 5.92. The Labute approximate surface area is 134 Å². The highest BCUT2D eigenvalue weighted by Crippen LogP contribution is 2.13. The average molecular weight is 327 g/mol. The van der Waals surface area contributed by atoms with Gasteiger partial charge in [0.15, 0.2) is 0 Å². The Bertz CT molecular complexity index is 482. The number of benzene rings is 1. The molecule has 2 amide bonds. The Balaban J connectivity index is 2.24. The van der Waals surface area contributed by atoms with Crippen LogP contribution in [0.1, 0.15) is 13.8 Å². The van der Waals surface area contributed by atoms with Crippen LogP contribution in [0.25, 0.3) is 0 Å². The third-order valence-corrected chi connectivity index (χ3v) is 3.96. The summed E-state index contributed by atoms with van der Waals surface area (Å²) in [5.41, 5.74) is 0.537. The topological polar surface area (TPSA) is 70.2 Å². The van der Waals surface area contributed by atoms with E-state index >= 15 is 0 Å². The van der Waals surface area contributed by atoms with Gasteiger partial charge < -0.3 is 16.0 Å². The standard InChI is InChI=1S/C15H22FN3O2S/c1-3-17-8-9-18-15(21)11(2)22-10-14(20)19-13-6-4-12(16)5-7-13/h4-7,11,17H,3,8-10H2,1-2H3,(H,18,21)(H,19,20). The lowest BCUT2D eigenvalue weighted by atomic mass is 10.3. The molecule has 0 radical (unpaired) electrons. The quantitative estimate of drug-likeness (QED) is 0.603. The number of halogens is 1. The normalized spacial score (nSPS) is 11.8. The largest absolute Gasteiger partial charge is 0.354 e. The zero-order chi connectivity index (χ0) is 16.4. The van der Waals surface area contributed by atoms with Crippen LogP contribution < -0.4 is 16.0 Å². The van der Waals surface area contributed by atoms with E-state index in [1.54, 1.807) is 6.92 Å². The highest BCUT2D eigenvalue weighted by molar-refractivity contribution is 8.01. The van der Waals surface area contributed by atoms with E-state index in [1.165, 1.54) is 36.0 Å². The minimum Gasteiger partial charge on any atom is -0.354 e. The molecule has 22 heavy (non-hydrogen) atoms. The Morgan fingerprint density at radius 1 is 1.23 bits per heavy atom. The molecule has 1 atom stereocenters. The maximum Gasteiger partial charge on any atom is 0.234 e. The summed E-state index contributed by atoms with van der Waals surface area (Å²) < 4.78 is 12.8. The Morgan fingerprint density at radius 2 is 1.91 bits per heavy atom. The second-order valence-electron chi connectivity index (χ2n) is 4.65. The van der Waals surface area contributed by atoms with Crippen LogP contribution in [0.4, 0.5) is 10.1 Å². The lowest BCUT2D eigenvalue weighted by Crippen LogP contribution is -2.36. The van der Waals surface area contributed by atoms with Crippen LogP contribution >= 0.6 is 11.8 Å². The van der Waals surface area contributed by atoms with E-state index < -0.39 is 0 Å². The van der Waals surface area contributed by atoms with Crippen molar-refractivity contribution >= 4 is 29.3 Å². The van der Waals surface area contributed by atoms with Gasteiger partial charge >= 0.3 is 0 Å². The molecular formula is C15H22FN3O2S. The van der Waals surface area contributed by atoms with Crippen LogP contribution in [0, 0.1) is 5.82 Å². The molecule has 0 fully saturated rings. The molecule has 0 bridgehead atoms. The summed E-state index contributed by atoms with van der Waals surface area (Å²) in [5.74, 6) is -0.490. The van der Waals surface area contributed by atoms with Crippen molar-refractivity contribution in [3.05, 3.63) is 30.1 Å². The number of anilines is 1. The van der Waals surface area contributed by atoms with E-state index in [-0.39, 0.29) is 28.6 Å². The molecule has 5 nitrogen and oxygen atoms in total. The first-order chi connectivity index (χ1) is 10.5. The van der Waals surface area contributed by atoms with Gasteiger partial charge in [-0.05, 0) is 37.7 Å². The molecule has 0 aliphatic heterocycles. The molecule has 0 aliphatic carbocycles. The van der Waals surface area contributed by atoms with Crippen molar-refractivity contribution in [2.24, 2.45) is 0 Å². The summed E-state index contributed by atoms with van der Waals surface area (Å²) in [7, 11) is 0. The summed E-state index contributed by atoms with van der Waals surface area (Å²) in [5, 5.41) is 8.26. The van der Waals surface area contributed by atoms with Crippen LogP contribution in [-0.2, 0) is 9.59 Å². The molecule has 122 valence electrons. The number of carbonyl (C=O) groups is 2. The Hall–Kier alpha value is -1.60. The van der Waals surface area contributed by atoms with Gasteiger partial charge in [-0.1, -0.05) is 6.92 Å². The van der Waals surface area contributed by atoms with Gasteiger partial charge in [0.2, 0.25) is 11.8 Å². The van der Waals surface area contributed by atoms with Crippen LogP contribution in [0.3, 0.4) is 0 Å². The molecule has 1 aromatic carbocycles. The Kier molecular flexibility index (Phi) is 8.54. The molecule has 0 saturated heterocycles. The highest BCUT2D eigenvalue weighted by atomic mass is 32.2. The van der Waals surface area contributed by atoms with E-state index in [1.807, 2.05) is 6.92 Å². The predicted octanol–water partition coefficient (Wildman–Crippen LogP) is 1.61. The monoisotopic (exact) mass is 327 g/mol. The molecule has 1 aromatic rings. The summed E-state index contributed by atoms with van der Waals surface area (Å²) in [6, 6.07) is 5.55. The second-order valence-corrected chi connectivity index (χ2v) is 5.98. The van der Waals surface area contributed by atoms with Gasteiger partial charge in [-0.25, -0.2) is 4.39 Å². The molecule has 0 spiro atoms. The lowest BCUT2D eigenvalue weighted by molar-refractivity contribution is -0.120. The van der Waals surface area contributed by atoms with Crippen molar-refractivity contribution in [2.75, 3.05) is 30.7 Å². The zero-order valence-corrected chi connectivity index (χ0v) is 13.6. The van der Waals surface area contributed by atoms with Gasteiger partial charge in [0, 0.05) is 18.8 Å². The molecule has 7 heteroatoms. The third kappa shape index (κ3) is 7.42. The van der Waals surface area contributed by atoms with Crippen molar-refractivity contribution < 1.29 is 14.0 Å². The number of amides is 2. The zero-order valence-electron chi connectivity index (χ0n) is 12.8. The summed E-state index contributed by atoms with van der Waals surface area (Å²) in [6.07, 6.45) is 0. The van der Waals surface area contributed by atoms with Crippen molar-refractivity contribution in [3.8, 4) is 0 Å². The number of hydrogen-bond donors (Lipinski definition) is 3. The summed E-state index contributed by atoms with van der Waals surface area (Å²) >= 11 is 1.26. The smallest absolute Gasteiger partial charge is 0.234 e. The minimum absolute atomic E-state index is 0.0857. The van der Waals surface area contributed by atoms with Gasteiger partial charge in [0.1, 0.15) is 5.82 Å². The van der Waals surface area contributed by atoms with Crippen LogP contribution in [0.15, 0.2) is 24.3 Å². The van der Waals surface area contributed by atoms with Gasteiger partial charge in [-0.15, -0.1) is 11.8 Å². The molecule has 0 heterocycles. The summed E-state index contributed by atoms with van der Waals surface area (Å²) in [4.78, 5) is 23.5. The van der Waals surface area contributed by atoms with Crippen LogP contribution in [0.2, 0.25) is 0 Å². The first-order valence-corrected chi connectivity index (χ1v) is 8.23. The van der Waals surface area contributed by atoms with Gasteiger partial charge in [-0.2, -0.15) is 0 Å². The number of carbonyl (C=O) groups excluding carboxylic acids is 2. The fourth-order valence-electron chi connectivity index (χ4n) is 1.60. The first-order valence-electron chi connectivity index (χ1n) is 7.18. The molecule has 0 aliphatic rings. The Morgan fingerprint density at radius 3 is 2.55 bits per heavy atom. The second kappa shape index (κ2) is 10.2. The van der Waals surface area contributed by atoms with Crippen molar-refractivity contribution in [3.63, 3.8) is 0 Å². The molecular weight excluding hydrogens is 305 g/mol. The molecule has 1 unspecified atom stereocenters. The number of hydrogen-bond acceptors (Lipinski definition) is 4. The lowest BCUT2D eigenvalue weighted by Gasteiger charge is -2.12. The SMILES string of the molecule is CCNCCNC(=O)C(C)SCC(=O)Nc1ccc(F)cc1. The molecule has 1 rings (SSSR count). The van der Waals surface area contributed by atoms with E-state index in [0.717, 1.165) is 13.1 Å². The molecule has 3 N–H and O–H groups in total. The fraction of sp³-hybridized carbons (Fsp3) is 0.467. The first kappa shape index (κ1) is 18.4. The van der Waals surface area contributed by atoms with Crippen LogP contribution in [0.5, 0.6) is 0 Å². The molecule has 0 aromatic heterocycles. The van der Waals surface area contributed by atoms with Crippen molar-refractivity contribution in [1.29, 1.82) is 0 Å². The van der Waals surface area contributed by atoms with E-state index in [9.17, 15) is 14.0 Å².